The first-order valence-electron chi connectivity index (χ1n) is 5.80. The Kier molecular flexibility index (Phi) is 5.60. The van der Waals surface area contributed by atoms with Crippen LogP contribution in [-0.4, -0.2) is 23.6 Å². The lowest BCUT2D eigenvalue weighted by molar-refractivity contribution is -0.143. The average molecular weight is 281 g/mol. The first kappa shape index (κ1) is 15.3. The predicted molar refractivity (Wildman–Crippen MR) is 78.4 cm³/mol. The molecule has 1 aromatic heterocycles. The molecule has 0 aliphatic carbocycles. The van der Waals surface area contributed by atoms with E-state index in [0.29, 0.717) is 6.42 Å². The Bertz CT molecular complexity index is 565. The Morgan fingerprint density at radius 1 is 1.47 bits per heavy atom. The topological polar surface area (TPSA) is 68.1 Å². The number of rotatable bonds is 5. The number of fused-ring (bicyclic) bond motifs is 1. The highest BCUT2D eigenvalue weighted by Gasteiger charge is 2.16. The zero-order valence-electron chi connectivity index (χ0n) is 10.5. The van der Waals surface area contributed by atoms with Gasteiger partial charge in [0.15, 0.2) is 0 Å². The van der Waals surface area contributed by atoms with Gasteiger partial charge in [-0.15, -0.1) is 12.4 Å². The van der Waals surface area contributed by atoms with Gasteiger partial charge in [0.05, 0.1) is 0 Å². The van der Waals surface area contributed by atoms with E-state index in [1.165, 1.54) is 6.08 Å². The molecular weight excluding hydrogens is 264 g/mol. The van der Waals surface area contributed by atoms with Gasteiger partial charge in [-0.05, 0) is 11.6 Å². The molecule has 0 unspecified atom stereocenters. The third-order valence-electron chi connectivity index (χ3n) is 2.76. The highest BCUT2D eigenvalue weighted by Crippen LogP contribution is 2.18. The molecule has 19 heavy (non-hydrogen) atoms. The zero-order chi connectivity index (χ0) is 13.0. The van der Waals surface area contributed by atoms with Crippen molar-refractivity contribution in [2.24, 2.45) is 5.73 Å². The summed E-state index contributed by atoms with van der Waals surface area (Å²) in [5, 5.41) is 1.09. The number of carbonyl (C=O) groups is 1. The van der Waals surface area contributed by atoms with Crippen LogP contribution in [0.15, 0.2) is 43.1 Å². The van der Waals surface area contributed by atoms with Crippen molar-refractivity contribution in [2.45, 2.75) is 12.5 Å². The van der Waals surface area contributed by atoms with Crippen molar-refractivity contribution in [3.05, 3.63) is 48.7 Å². The van der Waals surface area contributed by atoms with Crippen LogP contribution in [0, 0.1) is 0 Å². The molecule has 0 amide bonds. The molecule has 4 nitrogen and oxygen atoms in total. The molecule has 0 saturated heterocycles. The Labute approximate surface area is 118 Å². The minimum Gasteiger partial charge on any atom is -0.460 e. The lowest BCUT2D eigenvalue weighted by atomic mass is 10.1. The van der Waals surface area contributed by atoms with Gasteiger partial charge in [0.25, 0.3) is 0 Å². The Morgan fingerprint density at radius 3 is 2.95 bits per heavy atom. The van der Waals surface area contributed by atoms with Crippen LogP contribution < -0.4 is 5.73 Å². The molecule has 2 aromatic rings. The molecule has 0 spiro atoms. The quantitative estimate of drug-likeness (QED) is 0.652. The second kappa shape index (κ2) is 6.97. The van der Waals surface area contributed by atoms with Crippen molar-refractivity contribution in [1.29, 1.82) is 0 Å². The fourth-order valence-corrected chi connectivity index (χ4v) is 1.87. The molecule has 0 aliphatic heterocycles. The number of nitrogens with one attached hydrogen (secondary N) is 1. The number of esters is 1. The maximum Gasteiger partial charge on any atom is 0.323 e. The summed E-state index contributed by atoms with van der Waals surface area (Å²) >= 11 is 0. The summed E-state index contributed by atoms with van der Waals surface area (Å²) in [6, 6.07) is 7.26. The Morgan fingerprint density at radius 2 is 2.21 bits per heavy atom. The minimum atomic E-state index is -0.649. The third-order valence-corrected chi connectivity index (χ3v) is 2.76. The molecule has 1 heterocycles. The number of benzene rings is 1. The molecule has 5 heteroatoms. The van der Waals surface area contributed by atoms with E-state index >= 15 is 0 Å². The van der Waals surface area contributed by atoms with Gasteiger partial charge in [-0.1, -0.05) is 30.9 Å². The highest BCUT2D eigenvalue weighted by atomic mass is 35.5. The summed E-state index contributed by atoms with van der Waals surface area (Å²) in [5.74, 6) is -0.403. The normalized spacial score (nSPS) is 11.6. The van der Waals surface area contributed by atoms with E-state index in [2.05, 4.69) is 11.6 Å². The summed E-state index contributed by atoms with van der Waals surface area (Å²) in [5.41, 5.74) is 7.88. The van der Waals surface area contributed by atoms with Crippen molar-refractivity contribution in [2.75, 3.05) is 6.61 Å². The first-order chi connectivity index (χ1) is 8.72. The fraction of sp³-hybridized carbons (Fsp3) is 0.214. The molecule has 2 rings (SSSR count). The molecule has 0 bridgehead atoms. The molecule has 0 saturated carbocycles. The summed E-state index contributed by atoms with van der Waals surface area (Å²) in [4.78, 5) is 14.7. The lowest BCUT2D eigenvalue weighted by Crippen LogP contribution is -2.34. The number of H-pyrrole nitrogens is 1. The van der Waals surface area contributed by atoms with Gasteiger partial charge < -0.3 is 15.5 Å². The molecule has 102 valence electrons. The molecule has 1 aromatic carbocycles. The lowest BCUT2D eigenvalue weighted by Gasteiger charge is -2.09. The van der Waals surface area contributed by atoms with Gasteiger partial charge in [-0.3, -0.25) is 4.79 Å². The van der Waals surface area contributed by atoms with Gasteiger partial charge in [0, 0.05) is 23.5 Å². The third kappa shape index (κ3) is 3.59. The van der Waals surface area contributed by atoms with Gasteiger partial charge >= 0.3 is 5.97 Å². The fourth-order valence-electron chi connectivity index (χ4n) is 1.87. The largest absolute Gasteiger partial charge is 0.460 e. The van der Waals surface area contributed by atoms with E-state index in [0.717, 1.165) is 16.5 Å². The summed E-state index contributed by atoms with van der Waals surface area (Å²) in [6.07, 6.45) is 3.86. The van der Waals surface area contributed by atoms with Crippen LogP contribution in [0.3, 0.4) is 0 Å². The summed E-state index contributed by atoms with van der Waals surface area (Å²) < 4.78 is 4.92. The Balaban J connectivity index is 0.00000180. The van der Waals surface area contributed by atoms with Crippen LogP contribution in [0.25, 0.3) is 10.9 Å². The van der Waals surface area contributed by atoms with Crippen LogP contribution in [0.2, 0.25) is 0 Å². The molecule has 0 fully saturated rings. The van der Waals surface area contributed by atoms with Crippen molar-refractivity contribution < 1.29 is 9.53 Å². The monoisotopic (exact) mass is 280 g/mol. The van der Waals surface area contributed by atoms with Gasteiger partial charge in [-0.25, -0.2) is 0 Å². The van der Waals surface area contributed by atoms with E-state index in [1.54, 1.807) is 0 Å². The number of aromatic nitrogens is 1. The first-order valence-corrected chi connectivity index (χ1v) is 5.80. The number of ether oxygens (including phenoxy) is 1. The van der Waals surface area contributed by atoms with Crippen LogP contribution in [0.5, 0.6) is 0 Å². The molecule has 0 radical (unpaired) electrons. The van der Waals surface area contributed by atoms with Gasteiger partial charge in [0.1, 0.15) is 12.6 Å². The second-order valence-corrected chi connectivity index (χ2v) is 4.09. The van der Waals surface area contributed by atoms with Crippen molar-refractivity contribution in [3.8, 4) is 0 Å². The molecule has 1 atom stereocenters. The number of para-hydroxylation sites is 1. The summed E-state index contributed by atoms with van der Waals surface area (Å²) in [6.45, 7) is 3.68. The van der Waals surface area contributed by atoms with E-state index in [-0.39, 0.29) is 19.0 Å². The maximum absolute atomic E-state index is 11.6. The van der Waals surface area contributed by atoms with Crippen LogP contribution in [-0.2, 0) is 16.0 Å². The second-order valence-electron chi connectivity index (χ2n) is 4.09. The summed E-state index contributed by atoms with van der Waals surface area (Å²) in [7, 11) is 0. The minimum absolute atomic E-state index is 0. The van der Waals surface area contributed by atoms with Crippen molar-refractivity contribution in [1.82, 2.24) is 4.98 Å². The van der Waals surface area contributed by atoms with Crippen LogP contribution >= 0.6 is 12.4 Å². The zero-order valence-corrected chi connectivity index (χ0v) is 11.3. The highest BCUT2D eigenvalue weighted by molar-refractivity contribution is 5.85. The smallest absolute Gasteiger partial charge is 0.323 e. The van der Waals surface area contributed by atoms with E-state index < -0.39 is 12.0 Å². The van der Waals surface area contributed by atoms with Crippen molar-refractivity contribution >= 4 is 29.3 Å². The van der Waals surface area contributed by atoms with Crippen LogP contribution in [0.4, 0.5) is 0 Å². The number of hydrogen-bond acceptors (Lipinski definition) is 3. The van der Waals surface area contributed by atoms with E-state index in [4.69, 9.17) is 10.5 Å². The molecular formula is C14H17ClN2O2. The molecule has 3 N–H and O–H groups in total. The average Bonchev–Trinajstić information content (AvgIpc) is 2.79. The number of hydrogen-bond donors (Lipinski definition) is 2. The van der Waals surface area contributed by atoms with Crippen LogP contribution in [0.1, 0.15) is 5.56 Å². The number of carbonyl (C=O) groups excluding carboxylic acids is 1. The van der Waals surface area contributed by atoms with Crippen molar-refractivity contribution in [3.63, 3.8) is 0 Å². The molecule has 0 aliphatic rings. The van der Waals surface area contributed by atoms with Gasteiger partial charge in [0.2, 0.25) is 0 Å². The van der Waals surface area contributed by atoms with Gasteiger partial charge in [-0.2, -0.15) is 0 Å². The van der Waals surface area contributed by atoms with E-state index in [1.807, 2.05) is 30.5 Å². The standard InChI is InChI=1S/C14H16N2O2.ClH/c1-2-7-18-14(17)12(15)8-10-9-16-13-6-4-3-5-11(10)13;/h2-6,9,12,16H,1,7-8,15H2;1H/t12-;/m1./s1. The number of aromatic amines is 1. The van der Waals surface area contributed by atoms with E-state index in [9.17, 15) is 4.79 Å². The Hall–Kier alpha value is -1.78. The SMILES string of the molecule is C=CCOC(=O)[C@H](N)Cc1c[nH]c2ccccc12.Cl. The number of nitrogens with two attached hydrogens (primary N) is 1. The predicted octanol–water partition coefficient (Wildman–Crippen LogP) is 2.19. The maximum atomic E-state index is 11.6. The number of halogens is 1.